The summed E-state index contributed by atoms with van der Waals surface area (Å²) < 4.78 is 25.8. The van der Waals surface area contributed by atoms with Crippen LogP contribution in [0.2, 0.25) is 0 Å². The Morgan fingerprint density at radius 2 is 0.966 bits per heavy atom. The summed E-state index contributed by atoms with van der Waals surface area (Å²) >= 11 is 2.89. The zero-order valence-corrected chi connectivity index (χ0v) is 51.7. The molecule has 3 aromatic carbocycles. The van der Waals surface area contributed by atoms with Crippen LogP contribution in [0, 0.1) is 0 Å². The maximum atomic E-state index is 12.9. The maximum Gasteiger partial charge on any atom is 1.00 e. The molecule has 87 heavy (non-hydrogen) atoms. The number of nitrogens with one attached hydrogen (secondary N) is 4. The molecule has 0 aliphatic carbocycles. The fourth-order valence-electron chi connectivity index (χ4n) is 9.65. The van der Waals surface area contributed by atoms with Crippen LogP contribution in [0.5, 0.6) is 0 Å². The van der Waals surface area contributed by atoms with Gasteiger partial charge in [-0.3, -0.25) is 19.2 Å². The van der Waals surface area contributed by atoms with Crippen LogP contribution in [0.3, 0.4) is 0 Å². The van der Waals surface area contributed by atoms with E-state index in [-0.39, 0.29) is 80.8 Å². The Morgan fingerprint density at radius 3 is 1.31 bits per heavy atom. The molecule has 0 bridgehead atoms. The minimum atomic E-state index is -2.44. The van der Waals surface area contributed by atoms with Crippen LogP contribution in [0.1, 0.15) is 60.2 Å². The van der Waals surface area contributed by atoms with E-state index in [1.165, 1.54) is 71.0 Å². The van der Waals surface area contributed by atoms with Gasteiger partial charge in [0.1, 0.15) is 48.0 Å². The molecule has 31 heteroatoms. The second-order valence-electron chi connectivity index (χ2n) is 20.5. The number of amides is 4. The number of thioether (sulfide) groups is 2. The Morgan fingerprint density at radius 1 is 0.598 bits per heavy atom. The standard InChI is InChI=1S/C56H72N10O18S2.Na/c1-33(67)59-45-41(69)27-55(53(77)78,83-49(45)47(73)43(71)31-65-29-39(61-63-65)35-11-5-3-6-12-35)81-21-9-23-85-25-19-57-51(75)37-15-17-38(18-16-37)52(76)58-20-26-86-24-10-22-82-56(54(79)80)28-42(70)46(60-34(2)68)50(84-56)48(74)44(72)32-66-30-40(62-64-66)36-13-7-4-8-14-36;/h3-8,11-18,29-30,41-50,69-74H,9-10,19-28,31-32H2,1-2H3,(H,57,75)(H,58,76)(H,59,67)(H,60,68)(H,77,78)(H,79,80);/q;+1/t41-,42-,43+,44+,45+,46+,47?,48?,49+,50+,55+,56+;/m0./s1. The second kappa shape index (κ2) is 33.6. The van der Waals surface area contributed by atoms with Gasteiger partial charge in [0.2, 0.25) is 11.8 Å². The third kappa shape index (κ3) is 19.5. The first kappa shape index (κ1) is 70.2. The van der Waals surface area contributed by atoms with Crippen molar-refractivity contribution in [1.29, 1.82) is 0 Å². The predicted octanol–water partition coefficient (Wildman–Crippen LogP) is -3.34. The summed E-state index contributed by atoms with van der Waals surface area (Å²) in [5.41, 5.74) is 3.15. The summed E-state index contributed by atoms with van der Waals surface area (Å²) in [4.78, 5) is 75.4. The summed E-state index contributed by atoms with van der Waals surface area (Å²) in [5.74, 6) is -8.11. The molecule has 0 radical (unpaired) electrons. The molecule has 7 rings (SSSR count). The third-order valence-electron chi connectivity index (χ3n) is 14.0. The number of hydrogen-bond donors (Lipinski definition) is 12. The molecular weight excluding hydrogens is 1190 g/mol. The van der Waals surface area contributed by atoms with Crippen molar-refractivity contribution in [3.63, 3.8) is 0 Å². The van der Waals surface area contributed by atoms with Crippen LogP contribution in [-0.4, -0.2) is 228 Å². The van der Waals surface area contributed by atoms with Crippen molar-refractivity contribution < 1.29 is 118 Å². The number of carbonyl (C=O) groups is 6. The number of benzene rings is 3. The van der Waals surface area contributed by atoms with Crippen LogP contribution in [-0.2, 0) is 51.2 Å². The number of aliphatic hydroxyl groups is 6. The van der Waals surface area contributed by atoms with Crippen molar-refractivity contribution in [3.05, 3.63) is 108 Å². The van der Waals surface area contributed by atoms with E-state index in [1.807, 2.05) is 60.7 Å². The summed E-state index contributed by atoms with van der Waals surface area (Å²) in [7, 11) is 0. The Hall–Kier alpha value is -5.94. The number of hydrogen-bond acceptors (Lipinski definition) is 22. The first-order valence-corrected chi connectivity index (χ1v) is 30.0. The van der Waals surface area contributed by atoms with Gasteiger partial charge in [-0.1, -0.05) is 71.1 Å². The number of aliphatic hydroxyl groups excluding tert-OH is 6. The molecule has 466 valence electrons. The van der Waals surface area contributed by atoms with E-state index in [4.69, 9.17) is 18.9 Å². The smallest absolute Gasteiger partial charge is 0.477 e. The van der Waals surface area contributed by atoms with Gasteiger partial charge in [0, 0.05) is 73.5 Å². The van der Waals surface area contributed by atoms with Gasteiger partial charge < -0.3 is 81.1 Å². The molecule has 4 amide bonds. The fraction of sp³-hybridized carbons (Fsp3) is 0.500. The van der Waals surface area contributed by atoms with Crippen LogP contribution < -0.4 is 50.8 Å². The van der Waals surface area contributed by atoms with Gasteiger partial charge in [-0.05, 0) is 48.6 Å². The molecule has 2 unspecified atom stereocenters. The Balaban J connectivity index is 0.0000121. The minimum Gasteiger partial charge on any atom is -0.477 e. The molecule has 2 fully saturated rings. The van der Waals surface area contributed by atoms with E-state index in [0.717, 1.165) is 11.1 Å². The number of aliphatic carboxylic acids is 2. The van der Waals surface area contributed by atoms with Crippen molar-refractivity contribution in [1.82, 2.24) is 51.3 Å². The molecule has 0 saturated carbocycles. The van der Waals surface area contributed by atoms with Crippen molar-refractivity contribution in [2.75, 3.05) is 49.3 Å². The third-order valence-corrected chi connectivity index (χ3v) is 16.1. The van der Waals surface area contributed by atoms with Crippen LogP contribution in [0.15, 0.2) is 97.3 Å². The summed E-state index contributed by atoms with van der Waals surface area (Å²) in [5, 5.41) is 114. The quantitative estimate of drug-likeness (QED) is 0.0148. The number of carboxylic acids is 2. The number of carbonyl (C=O) groups excluding carboxylic acids is 4. The van der Waals surface area contributed by atoms with Crippen molar-refractivity contribution in [2.45, 2.75) is 125 Å². The molecule has 12 atom stereocenters. The molecule has 4 heterocycles. The molecule has 2 aliphatic rings. The number of rotatable bonds is 32. The number of nitrogens with zero attached hydrogens (tertiary/aromatic N) is 6. The summed E-state index contributed by atoms with van der Waals surface area (Å²) in [6.07, 6.45) is -10.8. The van der Waals surface area contributed by atoms with Gasteiger partial charge >= 0.3 is 41.5 Å². The molecule has 0 spiro atoms. The van der Waals surface area contributed by atoms with E-state index in [1.54, 1.807) is 12.4 Å². The van der Waals surface area contributed by atoms with Crippen LogP contribution in [0.25, 0.3) is 22.5 Å². The van der Waals surface area contributed by atoms with E-state index in [2.05, 4.69) is 41.9 Å². The van der Waals surface area contributed by atoms with Crippen LogP contribution >= 0.6 is 23.5 Å². The second-order valence-corrected chi connectivity index (χ2v) is 22.9. The van der Waals surface area contributed by atoms with E-state index < -0.39 is 109 Å². The van der Waals surface area contributed by atoms with Crippen LogP contribution in [0.4, 0.5) is 0 Å². The maximum absolute atomic E-state index is 12.9. The molecule has 28 nitrogen and oxygen atoms in total. The van der Waals surface area contributed by atoms with Gasteiger partial charge in [-0.25, -0.2) is 19.0 Å². The topological polar surface area (TPSA) is 411 Å². The van der Waals surface area contributed by atoms with Gasteiger partial charge in [-0.2, -0.15) is 23.5 Å². The number of ether oxygens (including phenoxy) is 4. The molecule has 5 aromatic rings. The summed E-state index contributed by atoms with van der Waals surface area (Å²) in [6.45, 7) is 2.01. The molecular formula is C56H72N10NaO18S2+. The van der Waals surface area contributed by atoms with Gasteiger partial charge in [0.15, 0.2) is 0 Å². The molecule has 2 aliphatic heterocycles. The zero-order valence-electron chi connectivity index (χ0n) is 48.1. The monoisotopic (exact) mass is 1260 g/mol. The summed E-state index contributed by atoms with van der Waals surface area (Å²) in [6, 6.07) is 21.6. The van der Waals surface area contributed by atoms with E-state index >= 15 is 0 Å². The van der Waals surface area contributed by atoms with Crippen molar-refractivity contribution in [3.8, 4) is 22.5 Å². The largest absolute Gasteiger partial charge is 1.00 e. The first-order chi connectivity index (χ1) is 41.2. The minimum absolute atomic E-state index is 0. The normalized spacial score (nSPS) is 23.2. The Kier molecular flexibility index (Phi) is 27.1. The predicted molar refractivity (Wildman–Crippen MR) is 309 cm³/mol. The van der Waals surface area contributed by atoms with Gasteiger partial charge in [0.25, 0.3) is 23.4 Å². The number of carboxylic acid groups (broad SMARTS) is 2. The van der Waals surface area contributed by atoms with E-state index in [0.29, 0.717) is 58.4 Å². The van der Waals surface area contributed by atoms with E-state index in [9.17, 15) is 69.6 Å². The Labute approximate surface area is 530 Å². The van der Waals surface area contributed by atoms with Gasteiger partial charge in [-0.15, -0.1) is 10.2 Å². The van der Waals surface area contributed by atoms with Crippen molar-refractivity contribution >= 4 is 59.1 Å². The van der Waals surface area contributed by atoms with Crippen molar-refractivity contribution in [2.24, 2.45) is 0 Å². The zero-order chi connectivity index (χ0) is 62.0. The SMILES string of the molecule is CC(=O)N[C@@H]1[C@@H](O)C[C@](OCCCSCCNC(=O)c2ccc(C(=O)NCCSCCCO[C@]3(C(=O)O)C[C@H](O)[C@@H](NC(C)=O)[C@H](C(O)[C@H](O)Cn4cc(-c5ccccc5)nn4)O3)cc2)(C(=O)O)O[C@H]1C(O)[C@H](O)Cn1cc(-c2ccccc2)nn1.[Na+]. The number of aromatic nitrogens is 6. The fourth-order valence-corrected chi connectivity index (χ4v) is 11.2. The molecule has 2 saturated heterocycles. The van der Waals surface area contributed by atoms with Gasteiger partial charge in [0.05, 0.1) is 63.0 Å². The average molecular weight is 1260 g/mol. The first-order valence-electron chi connectivity index (χ1n) is 27.6. The Bertz CT molecular complexity index is 2830. The molecule has 12 N–H and O–H groups in total. The molecule has 2 aromatic heterocycles. The average Bonchev–Trinajstić information content (AvgIpc) is 1.67.